The predicted molar refractivity (Wildman–Crippen MR) is 78.7 cm³/mol. The lowest BCUT2D eigenvalue weighted by atomic mass is 10.2. The van der Waals surface area contributed by atoms with Crippen molar-refractivity contribution in [1.82, 2.24) is 4.98 Å². The molecule has 0 aliphatic heterocycles. The van der Waals surface area contributed by atoms with Crippen LogP contribution in [0.4, 0.5) is 5.69 Å². The highest BCUT2D eigenvalue weighted by Crippen LogP contribution is 2.18. The SMILES string of the molecule is Cc1cc(NCC(C)Oc2ccccc2C)ccn1. The summed E-state index contributed by atoms with van der Waals surface area (Å²) in [4.78, 5) is 4.18. The molecule has 0 bridgehead atoms. The minimum atomic E-state index is 0.106. The molecule has 0 aliphatic carbocycles. The average molecular weight is 256 g/mol. The lowest BCUT2D eigenvalue weighted by Gasteiger charge is -2.17. The number of aromatic nitrogens is 1. The Hall–Kier alpha value is -2.03. The molecule has 0 aliphatic rings. The molecule has 1 N–H and O–H groups in total. The van der Waals surface area contributed by atoms with E-state index in [0.29, 0.717) is 0 Å². The van der Waals surface area contributed by atoms with Gasteiger partial charge in [-0.05, 0) is 44.5 Å². The second-order valence-electron chi connectivity index (χ2n) is 4.76. The van der Waals surface area contributed by atoms with Gasteiger partial charge in [-0.3, -0.25) is 4.98 Å². The third-order valence-electron chi connectivity index (χ3n) is 2.91. The van der Waals surface area contributed by atoms with Crippen molar-refractivity contribution in [2.45, 2.75) is 26.9 Å². The van der Waals surface area contributed by atoms with Crippen LogP contribution < -0.4 is 10.1 Å². The van der Waals surface area contributed by atoms with Crippen molar-refractivity contribution in [2.75, 3.05) is 11.9 Å². The van der Waals surface area contributed by atoms with Crippen molar-refractivity contribution in [3.63, 3.8) is 0 Å². The molecule has 0 fully saturated rings. The molecule has 0 amide bonds. The van der Waals surface area contributed by atoms with Gasteiger partial charge in [-0.2, -0.15) is 0 Å². The summed E-state index contributed by atoms with van der Waals surface area (Å²) in [6.07, 6.45) is 1.92. The van der Waals surface area contributed by atoms with Gasteiger partial charge in [-0.25, -0.2) is 0 Å². The Morgan fingerprint density at radius 3 is 2.74 bits per heavy atom. The van der Waals surface area contributed by atoms with E-state index < -0.39 is 0 Å². The van der Waals surface area contributed by atoms with Crippen LogP contribution in [0.3, 0.4) is 0 Å². The van der Waals surface area contributed by atoms with E-state index in [-0.39, 0.29) is 6.10 Å². The Balaban J connectivity index is 1.88. The maximum absolute atomic E-state index is 5.92. The zero-order valence-electron chi connectivity index (χ0n) is 11.7. The fraction of sp³-hybridized carbons (Fsp3) is 0.312. The number of para-hydroxylation sites is 1. The third kappa shape index (κ3) is 3.98. The smallest absolute Gasteiger partial charge is 0.122 e. The number of hydrogen-bond donors (Lipinski definition) is 1. The predicted octanol–water partition coefficient (Wildman–Crippen LogP) is 3.58. The molecule has 3 heteroatoms. The fourth-order valence-corrected chi connectivity index (χ4v) is 1.86. The number of rotatable bonds is 5. The fourth-order valence-electron chi connectivity index (χ4n) is 1.86. The minimum absolute atomic E-state index is 0.106. The lowest BCUT2D eigenvalue weighted by Crippen LogP contribution is -2.23. The van der Waals surface area contributed by atoms with Crippen molar-refractivity contribution >= 4 is 5.69 Å². The van der Waals surface area contributed by atoms with Crippen molar-refractivity contribution in [1.29, 1.82) is 0 Å². The first-order valence-electron chi connectivity index (χ1n) is 6.54. The number of hydrogen-bond acceptors (Lipinski definition) is 3. The first-order valence-corrected chi connectivity index (χ1v) is 6.54. The van der Waals surface area contributed by atoms with Gasteiger partial charge in [0.15, 0.2) is 0 Å². The maximum atomic E-state index is 5.92. The lowest BCUT2D eigenvalue weighted by molar-refractivity contribution is 0.233. The summed E-state index contributed by atoms with van der Waals surface area (Å²) in [6.45, 7) is 6.87. The first-order chi connectivity index (χ1) is 9.15. The molecule has 0 spiro atoms. The molecule has 1 atom stereocenters. The Labute approximate surface area is 114 Å². The van der Waals surface area contributed by atoms with E-state index in [1.165, 1.54) is 0 Å². The zero-order valence-corrected chi connectivity index (χ0v) is 11.7. The summed E-state index contributed by atoms with van der Waals surface area (Å²) in [7, 11) is 0. The molecule has 0 saturated carbocycles. The molecular weight excluding hydrogens is 236 g/mol. The molecule has 1 heterocycles. The van der Waals surface area contributed by atoms with Crippen LogP contribution in [-0.2, 0) is 0 Å². The Morgan fingerprint density at radius 1 is 1.21 bits per heavy atom. The normalized spacial score (nSPS) is 11.9. The quantitative estimate of drug-likeness (QED) is 0.888. The second kappa shape index (κ2) is 6.23. The zero-order chi connectivity index (χ0) is 13.7. The maximum Gasteiger partial charge on any atom is 0.122 e. The Morgan fingerprint density at radius 2 is 2.00 bits per heavy atom. The molecule has 0 saturated heterocycles. The number of benzene rings is 1. The van der Waals surface area contributed by atoms with Gasteiger partial charge in [-0.15, -0.1) is 0 Å². The van der Waals surface area contributed by atoms with E-state index in [1.807, 2.05) is 43.5 Å². The molecule has 0 radical (unpaired) electrons. The van der Waals surface area contributed by atoms with E-state index in [9.17, 15) is 0 Å². The summed E-state index contributed by atoms with van der Waals surface area (Å²) in [5, 5.41) is 3.36. The van der Waals surface area contributed by atoms with Gasteiger partial charge in [0.1, 0.15) is 11.9 Å². The molecule has 1 unspecified atom stereocenters. The van der Waals surface area contributed by atoms with Gasteiger partial charge in [0.25, 0.3) is 0 Å². The molecule has 2 rings (SSSR count). The summed E-state index contributed by atoms with van der Waals surface area (Å²) in [6, 6.07) is 12.1. The molecule has 2 aromatic rings. The topological polar surface area (TPSA) is 34.1 Å². The number of pyridine rings is 1. The molecular formula is C16H20N2O. The minimum Gasteiger partial charge on any atom is -0.489 e. The summed E-state index contributed by atoms with van der Waals surface area (Å²) >= 11 is 0. The van der Waals surface area contributed by atoms with Crippen molar-refractivity contribution in [2.24, 2.45) is 0 Å². The van der Waals surface area contributed by atoms with Gasteiger partial charge in [0, 0.05) is 17.6 Å². The number of nitrogens with zero attached hydrogens (tertiary/aromatic N) is 1. The average Bonchev–Trinajstić information content (AvgIpc) is 2.39. The Kier molecular flexibility index (Phi) is 4.39. The molecule has 19 heavy (non-hydrogen) atoms. The standard InChI is InChI=1S/C16H20N2O/c1-12-6-4-5-7-16(12)19-14(3)11-18-15-8-9-17-13(2)10-15/h4-10,14H,11H2,1-3H3,(H,17,18). The van der Waals surface area contributed by atoms with Gasteiger partial charge in [-0.1, -0.05) is 18.2 Å². The van der Waals surface area contributed by atoms with Crippen LogP contribution >= 0.6 is 0 Å². The van der Waals surface area contributed by atoms with Crippen LogP contribution in [0.2, 0.25) is 0 Å². The number of aryl methyl sites for hydroxylation is 2. The molecule has 100 valence electrons. The van der Waals surface area contributed by atoms with Gasteiger partial charge >= 0.3 is 0 Å². The summed E-state index contributed by atoms with van der Waals surface area (Å²) < 4.78 is 5.92. The second-order valence-corrected chi connectivity index (χ2v) is 4.76. The third-order valence-corrected chi connectivity index (χ3v) is 2.91. The van der Waals surface area contributed by atoms with Crippen molar-refractivity contribution in [3.05, 3.63) is 53.9 Å². The van der Waals surface area contributed by atoms with Gasteiger partial charge in [0.05, 0.1) is 6.54 Å². The van der Waals surface area contributed by atoms with Crippen LogP contribution in [0.15, 0.2) is 42.6 Å². The molecule has 1 aromatic carbocycles. The van der Waals surface area contributed by atoms with Gasteiger partial charge < -0.3 is 10.1 Å². The highest BCUT2D eigenvalue weighted by atomic mass is 16.5. The van der Waals surface area contributed by atoms with Gasteiger partial charge in [0.2, 0.25) is 0 Å². The summed E-state index contributed by atoms with van der Waals surface area (Å²) in [5.41, 5.74) is 3.25. The highest BCUT2D eigenvalue weighted by Gasteiger charge is 2.05. The van der Waals surface area contributed by atoms with Crippen LogP contribution in [0, 0.1) is 13.8 Å². The highest BCUT2D eigenvalue weighted by molar-refractivity contribution is 5.43. The van der Waals surface area contributed by atoms with Crippen molar-refractivity contribution < 1.29 is 4.74 Å². The summed E-state index contributed by atoms with van der Waals surface area (Å²) in [5.74, 6) is 0.947. The first kappa shape index (κ1) is 13.4. The molecule has 1 aromatic heterocycles. The van der Waals surface area contributed by atoms with Crippen LogP contribution in [-0.4, -0.2) is 17.6 Å². The number of anilines is 1. The van der Waals surface area contributed by atoms with Crippen molar-refractivity contribution in [3.8, 4) is 5.75 Å². The van der Waals surface area contributed by atoms with E-state index in [4.69, 9.17) is 4.74 Å². The van der Waals surface area contributed by atoms with Crippen LogP contribution in [0.1, 0.15) is 18.2 Å². The van der Waals surface area contributed by atoms with Crippen LogP contribution in [0.5, 0.6) is 5.75 Å². The van der Waals surface area contributed by atoms with E-state index in [0.717, 1.165) is 29.2 Å². The van der Waals surface area contributed by atoms with E-state index in [2.05, 4.69) is 30.2 Å². The molecule has 3 nitrogen and oxygen atoms in total. The number of ether oxygens (including phenoxy) is 1. The van der Waals surface area contributed by atoms with E-state index >= 15 is 0 Å². The number of nitrogens with one attached hydrogen (secondary N) is 1. The van der Waals surface area contributed by atoms with Crippen LogP contribution in [0.25, 0.3) is 0 Å². The largest absolute Gasteiger partial charge is 0.489 e. The van der Waals surface area contributed by atoms with E-state index in [1.54, 1.807) is 0 Å². The monoisotopic (exact) mass is 256 g/mol. The Bertz CT molecular complexity index is 540.